The van der Waals surface area contributed by atoms with Gasteiger partial charge in [-0.25, -0.2) is 0 Å². The zero-order valence-electron chi connectivity index (χ0n) is 9.36. The number of aliphatic hydroxyl groups is 1. The van der Waals surface area contributed by atoms with Crippen molar-refractivity contribution >= 4 is 0 Å². The van der Waals surface area contributed by atoms with Crippen molar-refractivity contribution in [2.45, 2.75) is 25.8 Å². The van der Waals surface area contributed by atoms with E-state index < -0.39 is 5.54 Å². The molecule has 0 aliphatic carbocycles. The lowest BCUT2D eigenvalue weighted by molar-refractivity contribution is 0.146. The Morgan fingerprint density at radius 3 is 2.40 bits per heavy atom. The van der Waals surface area contributed by atoms with Crippen LogP contribution in [-0.4, -0.2) is 23.9 Å². The molecule has 0 aliphatic heterocycles. The van der Waals surface area contributed by atoms with Gasteiger partial charge in [-0.1, -0.05) is 19.1 Å². The summed E-state index contributed by atoms with van der Waals surface area (Å²) in [6, 6.07) is 7.91. The predicted octanol–water partition coefficient (Wildman–Crippen LogP) is 1.34. The molecule has 0 saturated carbocycles. The van der Waals surface area contributed by atoms with Gasteiger partial charge in [0.25, 0.3) is 0 Å². The lowest BCUT2D eigenvalue weighted by Crippen LogP contribution is -2.45. The first-order valence-corrected chi connectivity index (χ1v) is 5.19. The van der Waals surface area contributed by atoms with Crippen LogP contribution in [0.2, 0.25) is 0 Å². The summed E-state index contributed by atoms with van der Waals surface area (Å²) in [5, 5.41) is 8.95. The SMILES string of the molecule is CCc1ccc(OCC(C)(N)CO)cc1. The van der Waals surface area contributed by atoms with Gasteiger partial charge >= 0.3 is 0 Å². The van der Waals surface area contributed by atoms with Gasteiger partial charge in [0.1, 0.15) is 12.4 Å². The largest absolute Gasteiger partial charge is 0.492 e. The van der Waals surface area contributed by atoms with E-state index in [4.69, 9.17) is 15.6 Å². The van der Waals surface area contributed by atoms with E-state index in [9.17, 15) is 0 Å². The van der Waals surface area contributed by atoms with Crippen LogP contribution in [0.5, 0.6) is 5.75 Å². The summed E-state index contributed by atoms with van der Waals surface area (Å²) in [4.78, 5) is 0. The van der Waals surface area contributed by atoms with Crippen molar-refractivity contribution in [3.8, 4) is 5.75 Å². The molecular weight excluding hydrogens is 190 g/mol. The van der Waals surface area contributed by atoms with Crippen molar-refractivity contribution in [3.05, 3.63) is 29.8 Å². The van der Waals surface area contributed by atoms with E-state index in [1.165, 1.54) is 5.56 Å². The highest BCUT2D eigenvalue weighted by molar-refractivity contribution is 5.27. The molecule has 0 bridgehead atoms. The van der Waals surface area contributed by atoms with Crippen molar-refractivity contribution < 1.29 is 9.84 Å². The van der Waals surface area contributed by atoms with E-state index in [2.05, 4.69) is 6.92 Å². The molecule has 0 heterocycles. The molecule has 0 amide bonds. The summed E-state index contributed by atoms with van der Waals surface area (Å²) in [6.45, 7) is 4.10. The quantitative estimate of drug-likeness (QED) is 0.769. The predicted molar refractivity (Wildman–Crippen MR) is 61.0 cm³/mol. The third-order valence-electron chi connectivity index (χ3n) is 2.26. The maximum Gasteiger partial charge on any atom is 0.119 e. The van der Waals surface area contributed by atoms with Gasteiger partial charge in [0, 0.05) is 0 Å². The third-order valence-corrected chi connectivity index (χ3v) is 2.26. The minimum Gasteiger partial charge on any atom is -0.492 e. The van der Waals surface area contributed by atoms with E-state index in [1.807, 2.05) is 24.3 Å². The fourth-order valence-corrected chi connectivity index (χ4v) is 1.12. The highest BCUT2D eigenvalue weighted by Gasteiger charge is 2.17. The molecule has 3 nitrogen and oxygen atoms in total. The summed E-state index contributed by atoms with van der Waals surface area (Å²) < 4.78 is 5.48. The van der Waals surface area contributed by atoms with Gasteiger partial charge in [0.15, 0.2) is 0 Å². The molecule has 1 atom stereocenters. The molecule has 1 aromatic rings. The van der Waals surface area contributed by atoms with E-state index in [0.717, 1.165) is 12.2 Å². The Labute approximate surface area is 90.9 Å². The normalized spacial score (nSPS) is 14.7. The van der Waals surface area contributed by atoms with Crippen LogP contribution < -0.4 is 10.5 Å². The average Bonchev–Trinajstić information content (AvgIpc) is 2.27. The van der Waals surface area contributed by atoms with Crippen molar-refractivity contribution in [1.82, 2.24) is 0 Å². The van der Waals surface area contributed by atoms with Crippen LogP contribution in [0.1, 0.15) is 19.4 Å². The lowest BCUT2D eigenvalue weighted by Gasteiger charge is -2.21. The summed E-state index contributed by atoms with van der Waals surface area (Å²) in [5.41, 5.74) is 6.35. The monoisotopic (exact) mass is 209 g/mol. The molecule has 0 aliphatic rings. The summed E-state index contributed by atoms with van der Waals surface area (Å²) in [5.74, 6) is 0.789. The number of hydrogen-bond donors (Lipinski definition) is 2. The first-order chi connectivity index (χ1) is 7.07. The van der Waals surface area contributed by atoms with E-state index in [0.29, 0.717) is 6.61 Å². The van der Waals surface area contributed by atoms with Crippen LogP contribution in [0.3, 0.4) is 0 Å². The van der Waals surface area contributed by atoms with Crippen LogP contribution in [0.25, 0.3) is 0 Å². The van der Waals surface area contributed by atoms with Gasteiger partial charge in [0.2, 0.25) is 0 Å². The Morgan fingerprint density at radius 1 is 1.33 bits per heavy atom. The summed E-state index contributed by atoms with van der Waals surface area (Å²) in [7, 11) is 0. The number of aliphatic hydroxyl groups excluding tert-OH is 1. The van der Waals surface area contributed by atoms with Crippen LogP contribution >= 0.6 is 0 Å². The summed E-state index contributed by atoms with van der Waals surface area (Å²) in [6.07, 6.45) is 1.02. The average molecular weight is 209 g/mol. The zero-order valence-corrected chi connectivity index (χ0v) is 9.36. The first-order valence-electron chi connectivity index (χ1n) is 5.19. The topological polar surface area (TPSA) is 55.5 Å². The Morgan fingerprint density at radius 2 is 1.93 bits per heavy atom. The van der Waals surface area contributed by atoms with Crippen molar-refractivity contribution in [3.63, 3.8) is 0 Å². The Bertz CT molecular complexity index is 293. The molecule has 0 spiro atoms. The van der Waals surface area contributed by atoms with Gasteiger partial charge in [-0.15, -0.1) is 0 Å². The maximum absolute atomic E-state index is 8.95. The fraction of sp³-hybridized carbons (Fsp3) is 0.500. The smallest absolute Gasteiger partial charge is 0.119 e. The van der Waals surface area contributed by atoms with Gasteiger partial charge in [-0.05, 0) is 31.0 Å². The Hall–Kier alpha value is -1.06. The van der Waals surface area contributed by atoms with Gasteiger partial charge in [0.05, 0.1) is 12.1 Å². The number of ether oxygens (including phenoxy) is 1. The number of hydrogen-bond acceptors (Lipinski definition) is 3. The van der Waals surface area contributed by atoms with Crippen LogP contribution in [0.15, 0.2) is 24.3 Å². The fourth-order valence-electron chi connectivity index (χ4n) is 1.12. The lowest BCUT2D eigenvalue weighted by atomic mass is 10.1. The minimum absolute atomic E-state index is 0.0833. The van der Waals surface area contributed by atoms with Gasteiger partial charge < -0.3 is 15.6 Å². The van der Waals surface area contributed by atoms with Crippen LogP contribution in [0, 0.1) is 0 Å². The molecule has 1 rings (SSSR count). The van der Waals surface area contributed by atoms with E-state index in [1.54, 1.807) is 6.92 Å². The highest BCUT2D eigenvalue weighted by Crippen LogP contribution is 2.13. The number of nitrogens with two attached hydrogens (primary N) is 1. The standard InChI is InChI=1S/C12H19NO2/c1-3-10-4-6-11(7-5-10)15-9-12(2,13)8-14/h4-7,14H,3,8-9,13H2,1-2H3. The third kappa shape index (κ3) is 3.90. The second kappa shape index (κ2) is 5.14. The molecule has 0 saturated heterocycles. The molecule has 1 aromatic carbocycles. The van der Waals surface area contributed by atoms with Crippen molar-refractivity contribution in [1.29, 1.82) is 0 Å². The molecule has 3 N–H and O–H groups in total. The molecule has 15 heavy (non-hydrogen) atoms. The number of aryl methyl sites for hydroxylation is 1. The summed E-state index contributed by atoms with van der Waals surface area (Å²) >= 11 is 0. The molecule has 84 valence electrons. The maximum atomic E-state index is 8.95. The number of benzene rings is 1. The number of rotatable bonds is 5. The van der Waals surface area contributed by atoms with Crippen molar-refractivity contribution in [2.24, 2.45) is 5.73 Å². The Kier molecular flexibility index (Phi) is 4.12. The van der Waals surface area contributed by atoms with Crippen LogP contribution in [-0.2, 0) is 6.42 Å². The molecule has 0 aromatic heterocycles. The second-order valence-electron chi connectivity index (χ2n) is 4.10. The van der Waals surface area contributed by atoms with Gasteiger partial charge in [-0.2, -0.15) is 0 Å². The molecule has 1 unspecified atom stereocenters. The van der Waals surface area contributed by atoms with E-state index >= 15 is 0 Å². The molecule has 3 heteroatoms. The Balaban J connectivity index is 2.51. The highest BCUT2D eigenvalue weighted by atomic mass is 16.5. The van der Waals surface area contributed by atoms with Gasteiger partial charge in [-0.3, -0.25) is 0 Å². The van der Waals surface area contributed by atoms with Crippen molar-refractivity contribution in [2.75, 3.05) is 13.2 Å². The first kappa shape index (κ1) is 12.0. The molecule has 0 radical (unpaired) electrons. The zero-order chi connectivity index (χ0) is 11.3. The molecular formula is C12H19NO2. The minimum atomic E-state index is -0.677. The van der Waals surface area contributed by atoms with E-state index in [-0.39, 0.29) is 6.61 Å². The molecule has 0 fully saturated rings. The second-order valence-corrected chi connectivity index (χ2v) is 4.10. The van der Waals surface area contributed by atoms with Crippen LogP contribution in [0.4, 0.5) is 0 Å².